The summed E-state index contributed by atoms with van der Waals surface area (Å²) in [5, 5.41) is 21.0. The minimum absolute atomic E-state index is 0.121. The molecule has 0 spiro atoms. The minimum atomic E-state index is -0.790. The molecular formula is C31H52O3. The predicted molar refractivity (Wildman–Crippen MR) is 144 cm³/mol. The van der Waals surface area contributed by atoms with Crippen molar-refractivity contribution < 1.29 is 15.0 Å². The molecule has 3 heteroatoms. The molecule has 2 aliphatic carbocycles. The molecule has 0 bridgehead atoms. The fraction of sp³-hybridized carbons (Fsp3) is 0.774. The van der Waals surface area contributed by atoms with Crippen molar-refractivity contribution in [2.24, 2.45) is 28.6 Å². The van der Waals surface area contributed by atoms with Crippen LogP contribution in [0.2, 0.25) is 0 Å². The van der Waals surface area contributed by atoms with Gasteiger partial charge in [0.25, 0.3) is 0 Å². The van der Waals surface area contributed by atoms with Crippen molar-refractivity contribution in [1.82, 2.24) is 0 Å². The van der Waals surface area contributed by atoms with Crippen LogP contribution in [-0.4, -0.2) is 28.7 Å². The number of hydrogen-bond donors (Lipinski definition) is 2. The fourth-order valence-corrected chi connectivity index (χ4v) is 6.86. The highest BCUT2D eigenvalue weighted by molar-refractivity contribution is 5.74. The van der Waals surface area contributed by atoms with E-state index in [-0.39, 0.29) is 17.9 Å². The molecule has 3 nitrogen and oxygen atoms in total. The summed E-state index contributed by atoms with van der Waals surface area (Å²) in [4.78, 5) is 11.6. The Kier molecular flexibility index (Phi) is 9.99. The maximum absolute atomic E-state index is 11.6. The SMILES string of the molecule is C=C1CCC(C)C(C)(C)C1CCC(C)=CCCC1(C)C(CCCO)C(=C(C)C=O)CCC1(C)O. The topological polar surface area (TPSA) is 57.5 Å². The smallest absolute Gasteiger partial charge is 0.145 e. The van der Waals surface area contributed by atoms with Crippen molar-refractivity contribution in [3.05, 3.63) is 34.9 Å². The van der Waals surface area contributed by atoms with Gasteiger partial charge in [0.2, 0.25) is 0 Å². The number of rotatable bonds is 10. The van der Waals surface area contributed by atoms with Crippen molar-refractivity contribution in [3.63, 3.8) is 0 Å². The van der Waals surface area contributed by atoms with Gasteiger partial charge in [0.15, 0.2) is 0 Å². The van der Waals surface area contributed by atoms with E-state index >= 15 is 0 Å². The molecule has 0 heterocycles. The van der Waals surface area contributed by atoms with E-state index in [4.69, 9.17) is 0 Å². The summed E-state index contributed by atoms with van der Waals surface area (Å²) in [5.74, 6) is 1.43. The van der Waals surface area contributed by atoms with E-state index in [9.17, 15) is 15.0 Å². The lowest BCUT2D eigenvalue weighted by Crippen LogP contribution is -2.52. The monoisotopic (exact) mass is 472 g/mol. The van der Waals surface area contributed by atoms with Crippen LogP contribution in [-0.2, 0) is 4.79 Å². The van der Waals surface area contributed by atoms with Crippen LogP contribution >= 0.6 is 0 Å². The molecular weight excluding hydrogens is 420 g/mol. The normalized spacial score (nSPS) is 35.9. The highest BCUT2D eigenvalue weighted by atomic mass is 16.3. The maximum Gasteiger partial charge on any atom is 0.145 e. The van der Waals surface area contributed by atoms with E-state index in [1.807, 2.05) is 13.8 Å². The van der Waals surface area contributed by atoms with Crippen LogP contribution in [0.3, 0.4) is 0 Å². The van der Waals surface area contributed by atoms with Crippen LogP contribution < -0.4 is 0 Å². The highest BCUT2D eigenvalue weighted by Gasteiger charge is 2.52. The van der Waals surface area contributed by atoms with Crippen LogP contribution in [0, 0.1) is 28.6 Å². The number of aliphatic hydroxyl groups is 2. The molecule has 0 radical (unpaired) electrons. The first-order chi connectivity index (χ1) is 15.8. The van der Waals surface area contributed by atoms with E-state index in [1.165, 1.54) is 23.1 Å². The summed E-state index contributed by atoms with van der Waals surface area (Å²) >= 11 is 0. The molecule has 194 valence electrons. The van der Waals surface area contributed by atoms with Gasteiger partial charge in [-0.2, -0.15) is 0 Å². The van der Waals surface area contributed by atoms with E-state index in [2.05, 4.69) is 47.3 Å². The Bertz CT molecular complexity index is 784. The largest absolute Gasteiger partial charge is 0.396 e. The number of aliphatic hydroxyl groups excluding tert-OH is 1. The minimum Gasteiger partial charge on any atom is -0.396 e. The summed E-state index contributed by atoms with van der Waals surface area (Å²) in [6.07, 6.45) is 12.8. The molecule has 0 aliphatic heterocycles. The third kappa shape index (κ3) is 6.13. The van der Waals surface area contributed by atoms with Crippen molar-refractivity contribution in [1.29, 1.82) is 0 Å². The lowest BCUT2D eigenvalue weighted by molar-refractivity contribution is -0.115. The van der Waals surface area contributed by atoms with Gasteiger partial charge in [-0.3, -0.25) is 4.79 Å². The first kappa shape index (κ1) is 29.0. The lowest BCUT2D eigenvalue weighted by atomic mass is 9.54. The lowest BCUT2D eigenvalue weighted by Gasteiger charge is -2.53. The average molecular weight is 473 g/mol. The van der Waals surface area contributed by atoms with Gasteiger partial charge in [0.05, 0.1) is 5.60 Å². The molecule has 0 amide bonds. The number of hydrogen-bond acceptors (Lipinski definition) is 3. The maximum atomic E-state index is 11.6. The van der Waals surface area contributed by atoms with Gasteiger partial charge in [0, 0.05) is 12.0 Å². The Morgan fingerprint density at radius 3 is 2.41 bits per heavy atom. The Hall–Kier alpha value is -1.19. The summed E-state index contributed by atoms with van der Waals surface area (Å²) in [6, 6.07) is 0. The molecule has 2 N–H and O–H groups in total. The number of carbonyl (C=O) groups is 1. The van der Waals surface area contributed by atoms with Gasteiger partial charge >= 0.3 is 0 Å². The van der Waals surface area contributed by atoms with Crippen molar-refractivity contribution in [3.8, 4) is 0 Å². The molecule has 5 unspecified atom stereocenters. The second kappa shape index (κ2) is 11.7. The van der Waals surface area contributed by atoms with Crippen LogP contribution in [0.1, 0.15) is 113 Å². The molecule has 0 aromatic rings. The Balaban J connectivity index is 2.13. The van der Waals surface area contributed by atoms with Crippen LogP contribution in [0.4, 0.5) is 0 Å². The molecule has 0 saturated heterocycles. The number of carbonyl (C=O) groups excluding carboxylic acids is 1. The molecule has 2 rings (SSSR count). The Morgan fingerprint density at radius 2 is 1.79 bits per heavy atom. The van der Waals surface area contributed by atoms with Crippen LogP contribution in [0.25, 0.3) is 0 Å². The van der Waals surface area contributed by atoms with E-state index < -0.39 is 5.60 Å². The van der Waals surface area contributed by atoms with Crippen LogP contribution in [0.5, 0.6) is 0 Å². The zero-order chi connectivity index (χ0) is 25.7. The van der Waals surface area contributed by atoms with Gasteiger partial charge in [-0.25, -0.2) is 0 Å². The third-order valence-electron chi connectivity index (χ3n) is 10.2. The second-order valence-corrected chi connectivity index (χ2v) is 12.5. The van der Waals surface area contributed by atoms with Crippen LogP contribution in [0.15, 0.2) is 34.9 Å². The summed E-state index contributed by atoms with van der Waals surface area (Å²) in [5.41, 5.74) is 4.04. The first-order valence-corrected chi connectivity index (χ1v) is 13.6. The average Bonchev–Trinajstić information content (AvgIpc) is 2.77. The fourth-order valence-electron chi connectivity index (χ4n) is 6.86. The summed E-state index contributed by atoms with van der Waals surface area (Å²) in [7, 11) is 0. The zero-order valence-corrected chi connectivity index (χ0v) is 23.2. The van der Waals surface area contributed by atoms with E-state index in [0.29, 0.717) is 24.2 Å². The zero-order valence-electron chi connectivity index (χ0n) is 23.2. The Labute approximate surface area is 209 Å². The third-order valence-corrected chi connectivity index (χ3v) is 10.2. The van der Waals surface area contributed by atoms with Crippen molar-refractivity contribution in [2.75, 3.05) is 6.61 Å². The molecule has 2 fully saturated rings. The molecule has 0 aromatic carbocycles. The summed E-state index contributed by atoms with van der Waals surface area (Å²) < 4.78 is 0. The molecule has 34 heavy (non-hydrogen) atoms. The van der Waals surface area contributed by atoms with Gasteiger partial charge in [-0.05, 0) is 114 Å². The standard InChI is InChI=1S/C31H52O3/c1-22(13-16-27-23(2)14-15-25(4)29(27,5)6)11-9-18-30(7)28(12-10-20-32)26(24(3)21-33)17-19-31(30,8)34/h11,21,25,27-28,32,34H,2,9-10,12-20H2,1,3-8H3. The van der Waals surface area contributed by atoms with Gasteiger partial charge in [-0.15, -0.1) is 0 Å². The molecule has 2 aliphatic rings. The van der Waals surface area contributed by atoms with Gasteiger partial charge in [0.1, 0.15) is 6.29 Å². The van der Waals surface area contributed by atoms with E-state index in [0.717, 1.165) is 62.7 Å². The highest BCUT2D eigenvalue weighted by Crippen LogP contribution is 2.55. The van der Waals surface area contributed by atoms with E-state index in [1.54, 1.807) is 0 Å². The second-order valence-electron chi connectivity index (χ2n) is 12.5. The van der Waals surface area contributed by atoms with Crippen molar-refractivity contribution >= 4 is 6.29 Å². The summed E-state index contributed by atoms with van der Waals surface area (Å²) in [6.45, 7) is 20.1. The molecule has 2 saturated carbocycles. The number of aldehydes is 1. The molecule has 5 atom stereocenters. The van der Waals surface area contributed by atoms with Gasteiger partial charge < -0.3 is 10.2 Å². The molecule has 0 aromatic heterocycles. The quantitative estimate of drug-likeness (QED) is 0.196. The Morgan fingerprint density at radius 1 is 1.12 bits per heavy atom. The van der Waals surface area contributed by atoms with Crippen molar-refractivity contribution in [2.45, 2.75) is 118 Å². The number of allylic oxidation sites excluding steroid dienone is 5. The first-order valence-electron chi connectivity index (χ1n) is 13.6. The predicted octanol–water partition coefficient (Wildman–Crippen LogP) is 7.58. The van der Waals surface area contributed by atoms with Gasteiger partial charge in [-0.1, -0.05) is 57.1 Å².